The van der Waals surface area contributed by atoms with Crippen LogP contribution < -0.4 is 4.74 Å². The van der Waals surface area contributed by atoms with Crippen molar-refractivity contribution in [1.29, 1.82) is 0 Å². The predicted octanol–water partition coefficient (Wildman–Crippen LogP) is 3.06. The normalized spacial score (nSPS) is 14.7. The van der Waals surface area contributed by atoms with Crippen LogP contribution in [0, 0.1) is 0 Å². The van der Waals surface area contributed by atoms with Crippen molar-refractivity contribution in [3.05, 3.63) is 52.5 Å². The molecule has 1 aliphatic rings. The number of methoxy groups -OCH3 is 2. The Kier molecular flexibility index (Phi) is 6.17. The second kappa shape index (κ2) is 8.99. The maximum Gasteiger partial charge on any atom is 0.354 e. The maximum absolute atomic E-state index is 13.0. The molecule has 0 spiro atoms. The van der Waals surface area contributed by atoms with Crippen LogP contribution in [0.15, 0.2) is 36.4 Å². The number of rotatable bonds is 7. The molecule has 1 fully saturated rings. The highest BCUT2D eigenvalue weighted by Gasteiger charge is 2.22. The Morgan fingerprint density at radius 1 is 1.07 bits per heavy atom. The minimum absolute atomic E-state index is 0.0433. The van der Waals surface area contributed by atoms with Crippen molar-refractivity contribution >= 4 is 33.3 Å². The van der Waals surface area contributed by atoms with Crippen molar-refractivity contribution < 1.29 is 23.8 Å². The van der Waals surface area contributed by atoms with Crippen LogP contribution in [0.5, 0.6) is 5.75 Å². The van der Waals surface area contributed by atoms with E-state index < -0.39 is 0 Å². The van der Waals surface area contributed by atoms with Crippen molar-refractivity contribution in [3.8, 4) is 5.75 Å². The van der Waals surface area contributed by atoms with E-state index in [9.17, 15) is 9.59 Å². The number of carbonyl (C=O) groups is 2. The number of esters is 1. The van der Waals surface area contributed by atoms with Crippen molar-refractivity contribution in [2.45, 2.75) is 6.54 Å². The molecule has 0 aliphatic carbocycles. The zero-order valence-electron chi connectivity index (χ0n) is 17.1. The Hall–Kier alpha value is -2.68. The monoisotopic (exact) mass is 428 g/mol. The summed E-state index contributed by atoms with van der Waals surface area (Å²) >= 11 is 1.40. The van der Waals surface area contributed by atoms with E-state index in [4.69, 9.17) is 14.2 Å². The van der Waals surface area contributed by atoms with Gasteiger partial charge in [0, 0.05) is 37.1 Å². The number of thiophene rings is 1. The molecule has 0 N–H and O–H groups in total. The number of carbonyl (C=O) groups excluding carboxylic acids is 2. The first-order valence-electron chi connectivity index (χ1n) is 9.81. The van der Waals surface area contributed by atoms with Gasteiger partial charge in [-0.2, -0.15) is 0 Å². The molecule has 1 aliphatic heterocycles. The molecule has 158 valence electrons. The summed E-state index contributed by atoms with van der Waals surface area (Å²) in [6.07, 6.45) is 0. The highest BCUT2D eigenvalue weighted by molar-refractivity contribution is 7.20. The van der Waals surface area contributed by atoms with Gasteiger partial charge in [-0.1, -0.05) is 0 Å². The summed E-state index contributed by atoms with van der Waals surface area (Å²) in [7, 11) is 2.98. The number of hydrogen-bond acceptors (Lipinski definition) is 7. The number of benzene rings is 1. The molecule has 0 saturated carbocycles. The molecule has 0 bridgehead atoms. The SMILES string of the molecule is COC(=O)c1cc2cc(C(=O)c3ccc(OC)cc3)sc2n1CCN1CCOCC1. The number of hydrogen-bond donors (Lipinski definition) is 0. The molecule has 30 heavy (non-hydrogen) atoms. The molecule has 0 unspecified atom stereocenters. The van der Waals surface area contributed by atoms with Gasteiger partial charge in [-0.05, 0) is 36.4 Å². The molecule has 0 amide bonds. The summed E-state index contributed by atoms with van der Waals surface area (Å²) < 4.78 is 17.5. The second-order valence-electron chi connectivity index (χ2n) is 7.06. The fourth-order valence-electron chi connectivity index (χ4n) is 3.60. The lowest BCUT2D eigenvalue weighted by molar-refractivity contribution is 0.0361. The zero-order chi connectivity index (χ0) is 21.1. The Balaban J connectivity index is 1.62. The number of ketones is 1. The second-order valence-corrected chi connectivity index (χ2v) is 8.09. The molecule has 0 atom stereocenters. The predicted molar refractivity (Wildman–Crippen MR) is 115 cm³/mol. The van der Waals surface area contributed by atoms with Gasteiger partial charge in [-0.25, -0.2) is 4.79 Å². The van der Waals surface area contributed by atoms with Crippen molar-refractivity contribution in [2.24, 2.45) is 0 Å². The van der Waals surface area contributed by atoms with E-state index in [0.29, 0.717) is 28.4 Å². The molecule has 7 nitrogen and oxygen atoms in total. The molecule has 3 heterocycles. The third kappa shape index (κ3) is 4.12. The van der Waals surface area contributed by atoms with Crippen LogP contribution in [0.2, 0.25) is 0 Å². The molecule has 3 aromatic rings. The van der Waals surface area contributed by atoms with Crippen molar-refractivity contribution in [3.63, 3.8) is 0 Å². The van der Waals surface area contributed by atoms with Crippen LogP contribution in [0.1, 0.15) is 25.7 Å². The van der Waals surface area contributed by atoms with E-state index in [0.717, 1.165) is 43.1 Å². The fourth-order valence-corrected chi connectivity index (χ4v) is 4.74. The lowest BCUT2D eigenvalue weighted by atomic mass is 10.1. The topological polar surface area (TPSA) is 70.0 Å². The van der Waals surface area contributed by atoms with Gasteiger partial charge >= 0.3 is 5.97 Å². The Morgan fingerprint density at radius 2 is 1.80 bits per heavy atom. The first kappa shape index (κ1) is 20.6. The van der Waals surface area contributed by atoms with Gasteiger partial charge in [-0.3, -0.25) is 9.69 Å². The fraction of sp³-hybridized carbons (Fsp3) is 0.364. The molecule has 8 heteroatoms. The van der Waals surface area contributed by atoms with E-state index in [-0.39, 0.29) is 11.8 Å². The number of fused-ring (bicyclic) bond motifs is 1. The smallest absolute Gasteiger partial charge is 0.354 e. The van der Waals surface area contributed by atoms with Gasteiger partial charge in [0.1, 0.15) is 16.3 Å². The molecular formula is C22H24N2O5S. The summed E-state index contributed by atoms with van der Waals surface area (Å²) in [5.41, 5.74) is 1.11. The van der Waals surface area contributed by atoms with Crippen LogP contribution in [-0.4, -0.2) is 68.3 Å². The van der Waals surface area contributed by atoms with Crippen LogP contribution >= 0.6 is 11.3 Å². The zero-order valence-corrected chi connectivity index (χ0v) is 17.9. The summed E-state index contributed by atoms with van der Waals surface area (Å²) in [5.74, 6) is 0.293. The first-order valence-corrected chi connectivity index (χ1v) is 10.6. The van der Waals surface area contributed by atoms with E-state index in [2.05, 4.69) is 4.90 Å². The Bertz CT molecular complexity index is 1050. The summed E-state index contributed by atoms with van der Waals surface area (Å²) in [5, 5.41) is 0.874. The molecule has 0 radical (unpaired) electrons. The molecule has 4 rings (SSSR count). The Labute approximate surface area is 178 Å². The van der Waals surface area contributed by atoms with E-state index in [1.54, 1.807) is 31.4 Å². The lowest BCUT2D eigenvalue weighted by Crippen LogP contribution is -2.38. The third-order valence-corrected chi connectivity index (χ3v) is 6.46. The number of ether oxygens (including phenoxy) is 3. The number of aromatic nitrogens is 1. The van der Waals surface area contributed by atoms with Crippen LogP contribution in [0.4, 0.5) is 0 Å². The average Bonchev–Trinajstić information content (AvgIpc) is 3.36. The van der Waals surface area contributed by atoms with Gasteiger partial charge in [0.15, 0.2) is 0 Å². The average molecular weight is 429 g/mol. The molecule has 2 aromatic heterocycles. The molecule has 1 aromatic carbocycles. The summed E-state index contributed by atoms with van der Waals surface area (Å²) in [6, 6.07) is 10.7. The Morgan fingerprint density at radius 3 is 2.47 bits per heavy atom. The van der Waals surface area contributed by atoms with Crippen LogP contribution in [0.25, 0.3) is 10.2 Å². The third-order valence-electron chi connectivity index (χ3n) is 5.28. The largest absolute Gasteiger partial charge is 0.497 e. The standard InChI is InChI=1S/C22H24N2O5S/c1-27-17-5-3-15(4-6-17)20(25)19-14-16-13-18(22(26)28-2)24(21(16)30-19)8-7-23-9-11-29-12-10-23/h3-6,13-14H,7-12H2,1-2H3. The van der Waals surface area contributed by atoms with Gasteiger partial charge in [0.2, 0.25) is 5.78 Å². The summed E-state index contributed by atoms with van der Waals surface area (Å²) in [6.45, 7) is 4.66. The van der Waals surface area contributed by atoms with E-state index >= 15 is 0 Å². The van der Waals surface area contributed by atoms with Crippen molar-refractivity contribution in [2.75, 3.05) is 47.1 Å². The van der Waals surface area contributed by atoms with Gasteiger partial charge in [0.05, 0.1) is 32.3 Å². The van der Waals surface area contributed by atoms with Crippen LogP contribution in [0.3, 0.4) is 0 Å². The molecule has 1 saturated heterocycles. The lowest BCUT2D eigenvalue weighted by Gasteiger charge is -2.26. The minimum Gasteiger partial charge on any atom is -0.497 e. The van der Waals surface area contributed by atoms with E-state index in [1.165, 1.54) is 18.4 Å². The number of nitrogens with zero attached hydrogens (tertiary/aromatic N) is 2. The van der Waals surface area contributed by atoms with E-state index in [1.807, 2.05) is 16.7 Å². The highest BCUT2D eigenvalue weighted by Crippen LogP contribution is 2.31. The van der Waals surface area contributed by atoms with Crippen molar-refractivity contribution in [1.82, 2.24) is 9.47 Å². The quantitative estimate of drug-likeness (QED) is 0.426. The van der Waals surface area contributed by atoms with Crippen LogP contribution in [-0.2, 0) is 16.0 Å². The maximum atomic E-state index is 13.0. The summed E-state index contributed by atoms with van der Waals surface area (Å²) in [4.78, 5) is 29.1. The molecular weight excluding hydrogens is 404 g/mol. The van der Waals surface area contributed by atoms with Gasteiger partial charge < -0.3 is 18.8 Å². The van der Waals surface area contributed by atoms with Gasteiger partial charge in [0.25, 0.3) is 0 Å². The first-order chi connectivity index (χ1) is 14.6. The minimum atomic E-state index is -0.372. The highest BCUT2D eigenvalue weighted by atomic mass is 32.1. The van der Waals surface area contributed by atoms with Gasteiger partial charge in [-0.15, -0.1) is 11.3 Å². The number of morpholine rings is 1.